The summed E-state index contributed by atoms with van der Waals surface area (Å²) in [5.41, 5.74) is 7.34. The molecule has 1 amide bonds. The van der Waals surface area contributed by atoms with E-state index in [4.69, 9.17) is 10.5 Å². The molecule has 2 aromatic rings. The zero-order valence-electron chi connectivity index (χ0n) is 14.3. The Morgan fingerprint density at radius 2 is 2.24 bits per heavy atom. The summed E-state index contributed by atoms with van der Waals surface area (Å²) in [5.74, 6) is 0.998. The topological polar surface area (TPSA) is 107 Å². The second-order valence-electron chi connectivity index (χ2n) is 5.93. The van der Waals surface area contributed by atoms with Crippen molar-refractivity contribution in [2.24, 2.45) is 17.8 Å². The van der Waals surface area contributed by atoms with E-state index >= 15 is 0 Å². The van der Waals surface area contributed by atoms with Gasteiger partial charge >= 0.3 is 0 Å². The average Bonchev–Trinajstić information content (AvgIpc) is 2.96. The molecule has 1 atom stereocenters. The summed E-state index contributed by atoms with van der Waals surface area (Å²) in [6, 6.07) is 3.46. The van der Waals surface area contributed by atoms with Gasteiger partial charge in [-0.3, -0.25) is 19.5 Å². The smallest absolute Gasteiger partial charge is 0.274 e. The number of pyridine rings is 1. The van der Waals surface area contributed by atoms with Crippen LogP contribution in [-0.2, 0) is 12.6 Å². The van der Waals surface area contributed by atoms with Gasteiger partial charge in [-0.15, -0.1) is 5.10 Å². The quantitative estimate of drug-likeness (QED) is 0.860. The number of carbonyl (C=O) groups excluding carboxylic acids is 1. The van der Waals surface area contributed by atoms with Crippen LogP contribution in [0.15, 0.2) is 29.5 Å². The van der Waals surface area contributed by atoms with E-state index < -0.39 is 5.54 Å². The molecule has 0 saturated heterocycles. The van der Waals surface area contributed by atoms with Gasteiger partial charge in [-0.05, 0) is 25.0 Å². The maximum absolute atomic E-state index is 12.5. The highest BCUT2D eigenvalue weighted by Crippen LogP contribution is 2.35. The Morgan fingerprint density at radius 3 is 2.92 bits per heavy atom. The second-order valence-corrected chi connectivity index (χ2v) is 7.05. The fourth-order valence-electron chi connectivity index (χ4n) is 2.65. The summed E-state index contributed by atoms with van der Waals surface area (Å²) in [5, 5.41) is 7.50. The number of aryl methyl sites for hydroxylation is 1. The lowest BCUT2D eigenvalue weighted by molar-refractivity contribution is 0.101. The van der Waals surface area contributed by atoms with Crippen LogP contribution in [-0.4, -0.2) is 38.7 Å². The van der Waals surface area contributed by atoms with Crippen molar-refractivity contribution >= 4 is 28.5 Å². The van der Waals surface area contributed by atoms with E-state index in [1.165, 1.54) is 11.8 Å². The Kier molecular flexibility index (Phi) is 4.67. The Morgan fingerprint density at radius 1 is 1.44 bits per heavy atom. The van der Waals surface area contributed by atoms with Crippen molar-refractivity contribution < 1.29 is 9.53 Å². The number of hydrogen-bond acceptors (Lipinski definition) is 7. The zero-order valence-corrected chi connectivity index (χ0v) is 15.1. The van der Waals surface area contributed by atoms with Gasteiger partial charge in [-0.2, -0.15) is 0 Å². The number of anilines is 1. The molecule has 0 fully saturated rings. The van der Waals surface area contributed by atoms with E-state index in [9.17, 15) is 4.79 Å². The molecule has 132 valence electrons. The molecule has 0 bridgehead atoms. The van der Waals surface area contributed by atoms with E-state index in [2.05, 4.69) is 20.4 Å². The van der Waals surface area contributed by atoms with E-state index in [0.717, 1.165) is 17.7 Å². The average molecular weight is 360 g/mol. The molecule has 9 heteroatoms. The van der Waals surface area contributed by atoms with Crippen LogP contribution in [0.25, 0.3) is 0 Å². The molecule has 0 saturated carbocycles. The number of rotatable bonds is 4. The maximum Gasteiger partial charge on any atom is 0.274 e. The number of amides is 1. The number of ether oxygens (including phenoxy) is 1. The number of carbonyl (C=O) groups is 1. The van der Waals surface area contributed by atoms with E-state index in [-0.39, 0.29) is 5.91 Å². The molecule has 0 spiro atoms. The van der Waals surface area contributed by atoms with Crippen LogP contribution in [0.5, 0.6) is 5.88 Å². The highest BCUT2D eigenvalue weighted by molar-refractivity contribution is 8.13. The highest BCUT2D eigenvalue weighted by Gasteiger charge is 2.30. The molecule has 3 heterocycles. The molecule has 0 aromatic carbocycles. The molecule has 25 heavy (non-hydrogen) atoms. The van der Waals surface area contributed by atoms with Crippen LogP contribution in [0.3, 0.4) is 0 Å². The summed E-state index contributed by atoms with van der Waals surface area (Å²) < 4.78 is 6.51. The van der Waals surface area contributed by atoms with Crippen LogP contribution in [0.1, 0.15) is 29.4 Å². The SMILES string of the molecule is COc1cc(C(=O)Nc2cncc([C@]3(C)CCSC(N)=N3)c2)n(C)n1. The van der Waals surface area contributed by atoms with Crippen molar-refractivity contribution in [2.45, 2.75) is 18.9 Å². The number of nitrogens with two attached hydrogens (primary N) is 1. The zero-order chi connectivity index (χ0) is 18.0. The fourth-order valence-corrected chi connectivity index (χ4v) is 3.62. The number of aromatic nitrogens is 3. The second kappa shape index (κ2) is 6.75. The summed E-state index contributed by atoms with van der Waals surface area (Å²) in [6.45, 7) is 2.02. The number of methoxy groups -OCH3 is 1. The molecule has 3 rings (SSSR count). The first-order valence-electron chi connectivity index (χ1n) is 7.74. The van der Waals surface area contributed by atoms with Gasteiger partial charge < -0.3 is 15.8 Å². The molecule has 3 N–H and O–H groups in total. The predicted molar refractivity (Wildman–Crippen MR) is 98.0 cm³/mol. The van der Waals surface area contributed by atoms with Gasteiger partial charge in [-0.1, -0.05) is 11.8 Å². The lowest BCUT2D eigenvalue weighted by atomic mass is 9.91. The third kappa shape index (κ3) is 3.60. The summed E-state index contributed by atoms with van der Waals surface area (Å²) in [6.07, 6.45) is 4.22. The number of nitrogens with one attached hydrogen (secondary N) is 1. The number of aliphatic imine (C=N–C) groups is 1. The maximum atomic E-state index is 12.5. The number of hydrogen-bond donors (Lipinski definition) is 2. The van der Waals surface area contributed by atoms with Crippen LogP contribution < -0.4 is 15.8 Å². The van der Waals surface area contributed by atoms with Crippen molar-refractivity contribution in [3.63, 3.8) is 0 Å². The molecule has 0 unspecified atom stereocenters. The lowest BCUT2D eigenvalue weighted by Gasteiger charge is -2.29. The van der Waals surface area contributed by atoms with Crippen molar-refractivity contribution in [1.29, 1.82) is 0 Å². The van der Waals surface area contributed by atoms with Crippen LogP contribution >= 0.6 is 11.8 Å². The van der Waals surface area contributed by atoms with E-state index in [0.29, 0.717) is 22.4 Å². The molecule has 0 aliphatic carbocycles. The van der Waals surface area contributed by atoms with Gasteiger partial charge in [0.2, 0.25) is 5.88 Å². The molecular formula is C16H20N6O2S. The Bertz CT molecular complexity index is 834. The Balaban J connectivity index is 1.83. The van der Waals surface area contributed by atoms with E-state index in [1.807, 2.05) is 13.0 Å². The van der Waals surface area contributed by atoms with E-state index in [1.54, 1.807) is 37.3 Å². The minimum Gasteiger partial charge on any atom is -0.480 e. The molecule has 2 aromatic heterocycles. The molecule has 0 radical (unpaired) electrons. The van der Waals surface area contributed by atoms with Crippen molar-refractivity contribution in [2.75, 3.05) is 18.2 Å². The fraction of sp³-hybridized carbons (Fsp3) is 0.375. The summed E-state index contributed by atoms with van der Waals surface area (Å²) in [4.78, 5) is 21.3. The Labute approximate surface area is 149 Å². The number of thioether (sulfide) groups is 1. The van der Waals surface area contributed by atoms with Gasteiger partial charge in [0.15, 0.2) is 5.17 Å². The number of nitrogens with zero attached hydrogens (tertiary/aromatic N) is 4. The molecule has 1 aliphatic rings. The standard InChI is InChI=1S/C16H20N6O2S/c1-16(4-5-25-15(17)20-16)10-6-11(9-18-8-10)19-14(23)12-7-13(24-3)21-22(12)2/h6-9H,4-5H2,1-3H3,(H2,17,20)(H,19,23)/t16-/m0/s1. The normalized spacial score (nSPS) is 20.0. The van der Waals surface area contributed by atoms with Crippen LogP contribution in [0, 0.1) is 0 Å². The minimum absolute atomic E-state index is 0.287. The van der Waals surface area contributed by atoms with Crippen molar-refractivity contribution in [1.82, 2.24) is 14.8 Å². The predicted octanol–water partition coefficient (Wildman–Crippen LogP) is 1.74. The third-order valence-corrected chi connectivity index (χ3v) is 4.91. The van der Waals surface area contributed by atoms with Crippen LogP contribution in [0.2, 0.25) is 0 Å². The monoisotopic (exact) mass is 360 g/mol. The minimum atomic E-state index is -0.432. The van der Waals surface area contributed by atoms with Gasteiger partial charge in [0.1, 0.15) is 5.69 Å². The molecular weight excluding hydrogens is 340 g/mol. The first kappa shape index (κ1) is 17.3. The van der Waals surface area contributed by atoms with Gasteiger partial charge in [-0.25, -0.2) is 0 Å². The van der Waals surface area contributed by atoms with Crippen molar-refractivity contribution in [3.8, 4) is 5.88 Å². The van der Waals surface area contributed by atoms with Crippen LogP contribution in [0.4, 0.5) is 5.69 Å². The first-order chi connectivity index (χ1) is 11.9. The van der Waals surface area contributed by atoms with Gasteiger partial charge in [0, 0.05) is 25.1 Å². The summed E-state index contributed by atoms with van der Waals surface area (Å²) >= 11 is 1.55. The van der Waals surface area contributed by atoms with Gasteiger partial charge in [0.25, 0.3) is 5.91 Å². The summed E-state index contributed by atoms with van der Waals surface area (Å²) in [7, 11) is 3.19. The van der Waals surface area contributed by atoms with Crippen molar-refractivity contribution in [3.05, 3.63) is 35.8 Å². The molecule has 8 nitrogen and oxygen atoms in total. The number of amidine groups is 1. The first-order valence-corrected chi connectivity index (χ1v) is 8.73. The Hall–Kier alpha value is -2.55. The third-order valence-electron chi connectivity index (χ3n) is 4.11. The van der Waals surface area contributed by atoms with Gasteiger partial charge in [0.05, 0.1) is 24.5 Å². The lowest BCUT2D eigenvalue weighted by Crippen LogP contribution is -2.29. The largest absolute Gasteiger partial charge is 0.480 e. The molecule has 1 aliphatic heterocycles. The highest BCUT2D eigenvalue weighted by atomic mass is 32.2.